The van der Waals surface area contributed by atoms with Crippen LogP contribution in [0, 0.1) is 0 Å². The lowest BCUT2D eigenvalue weighted by atomic mass is 10.0. The van der Waals surface area contributed by atoms with E-state index >= 15 is 0 Å². The fourth-order valence-electron chi connectivity index (χ4n) is 4.01. The summed E-state index contributed by atoms with van der Waals surface area (Å²) in [6, 6.07) is 13.6. The van der Waals surface area contributed by atoms with Crippen molar-refractivity contribution in [1.82, 2.24) is 19.3 Å². The Labute approximate surface area is 162 Å². The second kappa shape index (κ2) is 6.64. The van der Waals surface area contributed by atoms with E-state index in [4.69, 9.17) is 4.74 Å². The first-order valence-electron chi connectivity index (χ1n) is 9.45. The molecule has 0 aliphatic carbocycles. The van der Waals surface area contributed by atoms with Crippen LogP contribution in [0.2, 0.25) is 0 Å². The highest BCUT2D eigenvalue weighted by Gasteiger charge is 2.27. The molecule has 4 heterocycles. The SMILES string of the molecule is COc1ccc(-c2ncnc3c2c(C(=O)N2CCCC2)c2ccccn23)cc1. The zero-order valence-corrected chi connectivity index (χ0v) is 15.6. The van der Waals surface area contributed by atoms with Crippen molar-refractivity contribution in [3.8, 4) is 17.0 Å². The molecule has 1 aliphatic heterocycles. The van der Waals surface area contributed by atoms with Gasteiger partial charge in [0.1, 0.15) is 17.7 Å². The molecule has 0 N–H and O–H groups in total. The molecule has 0 bridgehead atoms. The van der Waals surface area contributed by atoms with Crippen LogP contribution in [0.4, 0.5) is 0 Å². The third-order valence-electron chi connectivity index (χ3n) is 5.39. The fraction of sp³-hybridized carbons (Fsp3) is 0.227. The van der Waals surface area contributed by atoms with E-state index in [0.717, 1.165) is 59.5 Å². The highest BCUT2D eigenvalue weighted by Crippen LogP contribution is 2.34. The van der Waals surface area contributed by atoms with Crippen LogP contribution in [0.3, 0.4) is 0 Å². The Morgan fingerprint density at radius 2 is 1.82 bits per heavy atom. The molecule has 140 valence electrons. The van der Waals surface area contributed by atoms with Crippen LogP contribution in [0.5, 0.6) is 5.75 Å². The molecule has 6 nitrogen and oxygen atoms in total. The van der Waals surface area contributed by atoms with Gasteiger partial charge in [-0.1, -0.05) is 6.07 Å². The van der Waals surface area contributed by atoms with Gasteiger partial charge < -0.3 is 14.0 Å². The topological polar surface area (TPSA) is 59.7 Å². The van der Waals surface area contributed by atoms with Crippen molar-refractivity contribution in [2.24, 2.45) is 0 Å². The van der Waals surface area contributed by atoms with Gasteiger partial charge in [0, 0.05) is 24.8 Å². The average molecular weight is 372 g/mol. The lowest BCUT2D eigenvalue weighted by molar-refractivity contribution is 0.0796. The quantitative estimate of drug-likeness (QED) is 0.549. The zero-order valence-electron chi connectivity index (χ0n) is 15.6. The molecule has 0 atom stereocenters. The molecule has 1 aromatic carbocycles. The van der Waals surface area contributed by atoms with E-state index in [1.165, 1.54) is 0 Å². The molecule has 0 radical (unpaired) electrons. The molecular formula is C22H20N4O2. The monoisotopic (exact) mass is 372 g/mol. The average Bonchev–Trinajstić information content (AvgIpc) is 3.40. The molecule has 0 spiro atoms. The summed E-state index contributed by atoms with van der Waals surface area (Å²) in [7, 11) is 1.64. The van der Waals surface area contributed by atoms with E-state index in [2.05, 4.69) is 9.97 Å². The van der Waals surface area contributed by atoms with Gasteiger partial charge >= 0.3 is 0 Å². The van der Waals surface area contributed by atoms with Gasteiger partial charge in [0.15, 0.2) is 0 Å². The number of carbonyl (C=O) groups excluding carboxylic acids is 1. The van der Waals surface area contributed by atoms with Crippen LogP contribution in [0.25, 0.3) is 27.8 Å². The van der Waals surface area contributed by atoms with Crippen molar-refractivity contribution in [1.29, 1.82) is 0 Å². The van der Waals surface area contributed by atoms with Gasteiger partial charge in [-0.3, -0.25) is 4.79 Å². The maximum atomic E-state index is 13.5. The van der Waals surface area contributed by atoms with E-state index in [1.54, 1.807) is 13.4 Å². The molecule has 0 saturated carbocycles. The van der Waals surface area contributed by atoms with Crippen LogP contribution >= 0.6 is 0 Å². The highest BCUT2D eigenvalue weighted by molar-refractivity contribution is 6.16. The predicted octanol–water partition coefficient (Wildman–Crippen LogP) is 3.79. The second-order valence-corrected chi connectivity index (χ2v) is 6.98. The summed E-state index contributed by atoms with van der Waals surface area (Å²) in [5, 5.41) is 0.802. The number of rotatable bonds is 3. The van der Waals surface area contributed by atoms with E-state index < -0.39 is 0 Å². The number of hydrogen-bond acceptors (Lipinski definition) is 4. The van der Waals surface area contributed by atoms with E-state index in [1.807, 2.05) is 58.0 Å². The number of amides is 1. The van der Waals surface area contributed by atoms with Crippen molar-refractivity contribution >= 4 is 22.5 Å². The summed E-state index contributed by atoms with van der Waals surface area (Å²) < 4.78 is 7.25. The number of pyridine rings is 1. The number of methoxy groups -OCH3 is 1. The van der Waals surface area contributed by atoms with Gasteiger partial charge in [0.2, 0.25) is 0 Å². The number of hydrogen-bond donors (Lipinski definition) is 0. The first-order valence-corrected chi connectivity index (χ1v) is 9.45. The summed E-state index contributed by atoms with van der Waals surface area (Å²) in [6.07, 6.45) is 5.61. The molecule has 5 rings (SSSR count). The summed E-state index contributed by atoms with van der Waals surface area (Å²) in [4.78, 5) is 24.5. The Bertz CT molecular complexity index is 1170. The largest absolute Gasteiger partial charge is 0.497 e. The molecule has 1 fully saturated rings. The standard InChI is InChI=1S/C22H20N4O2/c1-28-16-9-7-15(8-10-16)20-19-18(22(27)25-11-4-5-12-25)17-6-2-3-13-26(17)21(19)24-14-23-20/h2-3,6-10,13-14H,4-5,11-12H2,1H3. The third-order valence-corrected chi connectivity index (χ3v) is 5.39. The lowest BCUT2D eigenvalue weighted by Gasteiger charge is -2.15. The molecule has 1 amide bonds. The second-order valence-electron chi connectivity index (χ2n) is 6.98. The maximum Gasteiger partial charge on any atom is 0.256 e. The van der Waals surface area contributed by atoms with Crippen LogP contribution in [0.1, 0.15) is 23.2 Å². The summed E-state index contributed by atoms with van der Waals surface area (Å²) in [6.45, 7) is 1.60. The van der Waals surface area contributed by atoms with E-state index in [-0.39, 0.29) is 5.91 Å². The maximum absolute atomic E-state index is 13.5. The van der Waals surface area contributed by atoms with Crippen molar-refractivity contribution in [2.45, 2.75) is 12.8 Å². The Balaban J connectivity index is 1.81. The van der Waals surface area contributed by atoms with Crippen LogP contribution in [-0.4, -0.2) is 45.4 Å². The first-order chi connectivity index (χ1) is 13.8. The highest BCUT2D eigenvalue weighted by atomic mass is 16.5. The van der Waals surface area contributed by atoms with Gasteiger partial charge in [-0.25, -0.2) is 9.97 Å². The number of nitrogens with zero attached hydrogens (tertiary/aromatic N) is 4. The third kappa shape index (κ3) is 2.52. The smallest absolute Gasteiger partial charge is 0.256 e. The molecule has 0 unspecified atom stereocenters. The number of fused-ring (bicyclic) bond motifs is 3. The number of likely N-dealkylation sites (tertiary alicyclic amines) is 1. The summed E-state index contributed by atoms with van der Waals surface area (Å²) >= 11 is 0. The minimum Gasteiger partial charge on any atom is -0.497 e. The molecular weight excluding hydrogens is 352 g/mol. The van der Waals surface area contributed by atoms with E-state index in [9.17, 15) is 4.79 Å². The van der Waals surface area contributed by atoms with Gasteiger partial charge in [-0.2, -0.15) is 0 Å². The molecule has 4 aromatic rings. The number of carbonyl (C=O) groups is 1. The molecule has 6 heteroatoms. The van der Waals surface area contributed by atoms with Crippen molar-refractivity contribution < 1.29 is 9.53 Å². The lowest BCUT2D eigenvalue weighted by Crippen LogP contribution is -2.27. The Morgan fingerprint density at radius 3 is 2.57 bits per heavy atom. The van der Waals surface area contributed by atoms with Gasteiger partial charge in [-0.05, 0) is 49.2 Å². The Kier molecular flexibility index (Phi) is 3.97. The van der Waals surface area contributed by atoms with Gasteiger partial charge in [0.25, 0.3) is 5.91 Å². The predicted molar refractivity (Wildman–Crippen MR) is 108 cm³/mol. The van der Waals surface area contributed by atoms with Crippen molar-refractivity contribution in [3.05, 3.63) is 60.6 Å². The molecule has 1 aliphatic rings. The minimum atomic E-state index is 0.0563. The van der Waals surface area contributed by atoms with E-state index in [0.29, 0.717) is 5.56 Å². The van der Waals surface area contributed by atoms with Crippen molar-refractivity contribution in [2.75, 3.05) is 20.2 Å². The number of benzene rings is 1. The van der Waals surface area contributed by atoms with Crippen LogP contribution < -0.4 is 4.74 Å². The zero-order chi connectivity index (χ0) is 19.1. The van der Waals surface area contributed by atoms with Gasteiger partial charge in [-0.15, -0.1) is 0 Å². The van der Waals surface area contributed by atoms with Gasteiger partial charge in [0.05, 0.1) is 29.3 Å². The molecule has 1 saturated heterocycles. The molecule has 28 heavy (non-hydrogen) atoms. The summed E-state index contributed by atoms with van der Waals surface area (Å²) in [5.74, 6) is 0.838. The Morgan fingerprint density at radius 1 is 1.04 bits per heavy atom. The fourth-order valence-corrected chi connectivity index (χ4v) is 4.01. The summed E-state index contributed by atoms with van der Waals surface area (Å²) in [5.41, 5.74) is 3.99. The first kappa shape index (κ1) is 16.7. The number of ether oxygens (including phenoxy) is 1. The Hall–Kier alpha value is -3.41. The minimum absolute atomic E-state index is 0.0563. The van der Waals surface area contributed by atoms with Crippen LogP contribution in [-0.2, 0) is 0 Å². The number of aromatic nitrogens is 3. The van der Waals surface area contributed by atoms with Crippen LogP contribution in [0.15, 0.2) is 55.0 Å². The normalized spacial score (nSPS) is 14.1. The molecule has 3 aromatic heterocycles. The van der Waals surface area contributed by atoms with Crippen molar-refractivity contribution in [3.63, 3.8) is 0 Å².